The minimum Gasteiger partial charge on any atom is -0.491 e. The summed E-state index contributed by atoms with van der Waals surface area (Å²) >= 11 is 0. The quantitative estimate of drug-likeness (QED) is 0.464. The lowest BCUT2D eigenvalue weighted by atomic mass is 10.2. The minimum atomic E-state index is -0.236. The zero-order valence-corrected chi connectivity index (χ0v) is 12.7. The summed E-state index contributed by atoms with van der Waals surface area (Å²) in [5.41, 5.74) is 0. The van der Waals surface area contributed by atoms with Gasteiger partial charge in [0.25, 0.3) is 0 Å². The molecule has 1 aromatic rings. The molecule has 5 nitrogen and oxygen atoms in total. The predicted molar refractivity (Wildman–Crippen MR) is 79.4 cm³/mol. The molecule has 0 saturated heterocycles. The Balaban J connectivity index is 2.36. The van der Waals surface area contributed by atoms with Gasteiger partial charge in [0, 0.05) is 26.7 Å². The van der Waals surface area contributed by atoms with Crippen molar-refractivity contribution in [1.29, 1.82) is 0 Å². The molecule has 0 saturated carbocycles. The van der Waals surface area contributed by atoms with Crippen molar-refractivity contribution >= 4 is 5.97 Å². The van der Waals surface area contributed by atoms with Gasteiger partial charge in [0.1, 0.15) is 12.4 Å². The van der Waals surface area contributed by atoms with E-state index in [0.717, 1.165) is 12.2 Å². The molecule has 1 unspecified atom stereocenters. The van der Waals surface area contributed by atoms with E-state index in [2.05, 4.69) is 4.74 Å². The molecule has 0 heterocycles. The highest BCUT2D eigenvalue weighted by molar-refractivity contribution is 5.69. The van der Waals surface area contributed by atoms with Crippen LogP contribution in [0.2, 0.25) is 0 Å². The number of methoxy groups -OCH3 is 2. The van der Waals surface area contributed by atoms with Crippen LogP contribution < -0.4 is 4.74 Å². The van der Waals surface area contributed by atoms with Crippen molar-refractivity contribution in [1.82, 2.24) is 0 Å². The van der Waals surface area contributed by atoms with Crippen LogP contribution in [0.4, 0.5) is 0 Å². The van der Waals surface area contributed by atoms with E-state index in [1.165, 1.54) is 7.11 Å². The van der Waals surface area contributed by atoms with E-state index in [0.29, 0.717) is 32.7 Å². The summed E-state index contributed by atoms with van der Waals surface area (Å²) in [7, 11) is 3.05. The van der Waals surface area contributed by atoms with Crippen molar-refractivity contribution in [2.45, 2.75) is 25.4 Å². The highest BCUT2D eigenvalue weighted by Gasteiger charge is 2.13. The maximum Gasteiger partial charge on any atom is 0.305 e. The Bertz CT molecular complexity index is 380. The fourth-order valence-electron chi connectivity index (χ4n) is 1.75. The number of carbonyl (C=O) groups is 1. The van der Waals surface area contributed by atoms with Gasteiger partial charge in [0.15, 0.2) is 0 Å². The largest absolute Gasteiger partial charge is 0.491 e. The lowest BCUT2D eigenvalue weighted by Gasteiger charge is -2.18. The van der Waals surface area contributed by atoms with Crippen LogP contribution in [0.1, 0.15) is 19.3 Å². The van der Waals surface area contributed by atoms with Crippen molar-refractivity contribution in [3.63, 3.8) is 0 Å². The van der Waals surface area contributed by atoms with Crippen molar-refractivity contribution in [3.8, 4) is 5.75 Å². The molecule has 0 spiro atoms. The first-order valence-electron chi connectivity index (χ1n) is 7.11. The fraction of sp³-hybridized carbons (Fsp3) is 0.562. The van der Waals surface area contributed by atoms with E-state index in [1.54, 1.807) is 7.11 Å². The molecule has 0 aliphatic heterocycles. The second kappa shape index (κ2) is 11.1. The topological polar surface area (TPSA) is 54.0 Å². The third-order valence-electron chi connectivity index (χ3n) is 2.92. The Hall–Kier alpha value is -1.59. The molecule has 21 heavy (non-hydrogen) atoms. The van der Waals surface area contributed by atoms with Crippen LogP contribution in [0.25, 0.3) is 0 Å². The third kappa shape index (κ3) is 8.32. The van der Waals surface area contributed by atoms with Gasteiger partial charge in [-0.3, -0.25) is 4.79 Å². The standard InChI is InChI=1S/C16H24O5/c1-18-11-6-12-20-15(9-10-16(17)19-2)13-21-14-7-4-3-5-8-14/h3-5,7-8,15H,6,9-13H2,1-2H3. The zero-order chi connectivity index (χ0) is 15.3. The Morgan fingerprint density at radius 3 is 2.57 bits per heavy atom. The van der Waals surface area contributed by atoms with Gasteiger partial charge in [-0.2, -0.15) is 0 Å². The fourth-order valence-corrected chi connectivity index (χ4v) is 1.75. The van der Waals surface area contributed by atoms with Crippen LogP contribution in [0.3, 0.4) is 0 Å². The van der Waals surface area contributed by atoms with Crippen LogP contribution in [0, 0.1) is 0 Å². The van der Waals surface area contributed by atoms with Gasteiger partial charge in [-0.05, 0) is 25.0 Å². The second-order valence-corrected chi connectivity index (χ2v) is 4.58. The first-order chi connectivity index (χ1) is 10.3. The van der Waals surface area contributed by atoms with Crippen LogP contribution in [0.5, 0.6) is 5.75 Å². The summed E-state index contributed by atoms with van der Waals surface area (Å²) in [5, 5.41) is 0. The summed E-state index contributed by atoms with van der Waals surface area (Å²) in [6, 6.07) is 9.55. The van der Waals surface area contributed by atoms with Gasteiger partial charge in [-0.15, -0.1) is 0 Å². The van der Waals surface area contributed by atoms with Crippen LogP contribution in [0.15, 0.2) is 30.3 Å². The normalized spacial score (nSPS) is 11.9. The predicted octanol–water partition coefficient (Wildman–Crippen LogP) is 2.44. The maximum absolute atomic E-state index is 11.2. The van der Waals surface area contributed by atoms with E-state index in [-0.39, 0.29) is 12.1 Å². The van der Waals surface area contributed by atoms with Crippen LogP contribution in [-0.2, 0) is 19.0 Å². The van der Waals surface area contributed by atoms with Crippen LogP contribution >= 0.6 is 0 Å². The number of rotatable bonds is 11. The summed E-state index contributed by atoms with van der Waals surface area (Å²) in [6.07, 6.45) is 1.58. The molecule has 0 aliphatic rings. The third-order valence-corrected chi connectivity index (χ3v) is 2.92. The van der Waals surface area contributed by atoms with E-state index >= 15 is 0 Å². The molecule has 5 heteroatoms. The molecule has 0 bridgehead atoms. The minimum absolute atomic E-state index is 0.138. The summed E-state index contributed by atoms with van der Waals surface area (Å²) in [4.78, 5) is 11.2. The van der Waals surface area contributed by atoms with Gasteiger partial charge in [-0.25, -0.2) is 0 Å². The number of hydrogen-bond acceptors (Lipinski definition) is 5. The number of hydrogen-bond donors (Lipinski definition) is 0. The number of carbonyl (C=O) groups excluding carboxylic acids is 1. The first-order valence-corrected chi connectivity index (χ1v) is 7.11. The molecular formula is C16H24O5. The molecule has 0 aromatic heterocycles. The molecule has 1 aromatic carbocycles. The van der Waals surface area contributed by atoms with Crippen molar-refractivity contribution in [2.75, 3.05) is 34.0 Å². The lowest BCUT2D eigenvalue weighted by Crippen LogP contribution is -2.24. The Morgan fingerprint density at radius 2 is 1.90 bits per heavy atom. The van der Waals surface area contributed by atoms with Gasteiger partial charge >= 0.3 is 5.97 Å². The Kier molecular flexibility index (Phi) is 9.24. The number of esters is 1. The van der Waals surface area contributed by atoms with E-state index in [9.17, 15) is 4.79 Å². The second-order valence-electron chi connectivity index (χ2n) is 4.58. The Labute approximate surface area is 126 Å². The average Bonchev–Trinajstić information content (AvgIpc) is 2.53. The molecular weight excluding hydrogens is 272 g/mol. The molecule has 0 amide bonds. The first kappa shape index (κ1) is 17.5. The van der Waals surface area contributed by atoms with Crippen molar-refractivity contribution < 1.29 is 23.7 Å². The molecule has 0 fully saturated rings. The van der Waals surface area contributed by atoms with Gasteiger partial charge in [0.05, 0.1) is 13.2 Å². The SMILES string of the molecule is COCCCOC(CCC(=O)OC)COc1ccccc1. The number of para-hydroxylation sites is 1. The van der Waals surface area contributed by atoms with E-state index in [4.69, 9.17) is 14.2 Å². The highest BCUT2D eigenvalue weighted by atomic mass is 16.5. The molecule has 118 valence electrons. The molecule has 1 rings (SSSR count). The summed E-state index contributed by atoms with van der Waals surface area (Å²) in [6.45, 7) is 1.65. The van der Waals surface area contributed by atoms with Gasteiger partial charge < -0.3 is 18.9 Å². The Morgan fingerprint density at radius 1 is 1.14 bits per heavy atom. The van der Waals surface area contributed by atoms with Crippen molar-refractivity contribution in [2.24, 2.45) is 0 Å². The average molecular weight is 296 g/mol. The molecule has 0 N–H and O–H groups in total. The molecule has 0 aliphatic carbocycles. The number of ether oxygens (including phenoxy) is 4. The van der Waals surface area contributed by atoms with Crippen LogP contribution in [-0.4, -0.2) is 46.1 Å². The highest BCUT2D eigenvalue weighted by Crippen LogP contribution is 2.12. The van der Waals surface area contributed by atoms with Gasteiger partial charge in [-0.1, -0.05) is 18.2 Å². The van der Waals surface area contributed by atoms with Gasteiger partial charge in [0.2, 0.25) is 0 Å². The van der Waals surface area contributed by atoms with E-state index < -0.39 is 0 Å². The smallest absolute Gasteiger partial charge is 0.305 e. The molecule has 0 radical (unpaired) electrons. The maximum atomic E-state index is 11.2. The number of benzene rings is 1. The zero-order valence-electron chi connectivity index (χ0n) is 12.7. The molecule has 1 atom stereocenters. The summed E-state index contributed by atoms with van der Waals surface area (Å²) in [5.74, 6) is 0.557. The lowest BCUT2D eigenvalue weighted by molar-refractivity contribution is -0.141. The van der Waals surface area contributed by atoms with E-state index in [1.807, 2.05) is 30.3 Å². The monoisotopic (exact) mass is 296 g/mol. The summed E-state index contributed by atoms with van der Waals surface area (Å²) < 4.78 is 21.1. The van der Waals surface area contributed by atoms with Crippen molar-refractivity contribution in [3.05, 3.63) is 30.3 Å².